The van der Waals surface area contributed by atoms with E-state index in [-0.39, 0.29) is 108 Å². The maximum atomic E-state index is 14.2. The van der Waals surface area contributed by atoms with Crippen molar-refractivity contribution in [3.63, 3.8) is 0 Å². The second-order valence-electron chi connectivity index (χ2n) is 23.0. The van der Waals surface area contributed by atoms with Gasteiger partial charge in [-0.05, 0) is 107 Å². The van der Waals surface area contributed by atoms with E-state index in [0.29, 0.717) is 87.8 Å². The molecule has 0 bridgehead atoms. The summed E-state index contributed by atoms with van der Waals surface area (Å²) >= 11 is 0. The third kappa shape index (κ3) is 23.3. The summed E-state index contributed by atoms with van der Waals surface area (Å²) in [6, 6.07) is 13.1. The Bertz CT molecular complexity index is 2890. The summed E-state index contributed by atoms with van der Waals surface area (Å²) in [5.74, 6) is -8.64. The summed E-state index contributed by atoms with van der Waals surface area (Å²) in [6.07, 6.45) is 6.41. The molecule has 6 rings (SSSR count). The van der Waals surface area contributed by atoms with E-state index < -0.39 is 85.1 Å². The Morgan fingerprint density at radius 3 is 1.93 bits per heavy atom. The predicted molar refractivity (Wildman–Crippen MR) is 318 cm³/mol. The van der Waals surface area contributed by atoms with Gasteiger partial charge in [-0.3, -0.25) is 67.7 Å². The first kappa shape index (κ1) is 69.2. The lowest BCUT2D eigenvalue weighted by Gasteiger charge is -2.34. The van der Waals surface area contributed by atoms with Crippen molar-refractivity contribution in [2.75, 3.05) is 118 Å². The molecule has 3 aromatic rings. The molecule has 0 unspecified atom stereocenters. The largest absolute Gasteiger partial charge is 0.494 e. The minimum atomic E-state index is -3.19. The monoisotopic (exact) mass is 1230 g/mol. The van der Waals surface area contributed by atoms with Gasteiger partial charge in [-0.15, -0.1) is 0 Å². The van der Waals surface area contributed by atoms with Gasteiger partial charge in [0.2, 0.25) is 29.5 Å². The summed E-state index contributed by atoms with van der Waals surface area (Å²) < 4.78 is 33.9. The molecule has 1 aromatic heterocycles. The van der Waals surface area contributed by atoms with Crippen LogP contribution in [0.1, 0.15) is 92.6 Å². The molecule has 480 valence electrons. The van der Waals surface area contributed by atoms with E-state index in [4.69, 9.17) is 4.74 Å². The van der Waals surface area contributed by atoms with Crippen LogP contribution in [0, 0.1) is 24.2 Å². The number of fused-ring (bicyclic) bond motifs is 1. The maximum absolute atomic E-state index is 14.2. The minimum Gasteiger partial charge on any atom is -0.494 e. The molecule has 27 heteroatoms. The fourth-order valence-corrected chi connectivity index (χ4v) is 11.1. The van der Waals surface area contributed by atoms with Crippen molar-refractivity contribution in [1.29, 1.82) is 5.26 Å². The van der Waals surface area contributed by atoms with E-state index in [9.17, 15) is 72.5 Å². The van der Waals surface area contributed by atoms with Crippen LogP contribution in [0.4, 0.5) is 8.78 Å². The fraction of sp³-hybridized carbons (Fsp3) is 0.590. The molecule has 25 nitrogen and oxygen atoms in total. The Morgan fingerprint density at radius 2 is 1.34 bits per heavy atom. The zero-order valence-corrected chi connectivity index (χ0v) is 50.3. The van der Waals surface area contributed by atoms with Gasteiger partial charge in [-0.25, -0.2) is 8.78 Å². The standard InChI is InChI=1S/C61H84F2N12O13/c1-42-11-13-44(14-12-42)7-5-10-52(76)66-20-4-3-9-51(69-53(77)37-70-24-26-71(38-55(79)80)28-30-73(40-57(83)84)31-29-72(27-25-70)39-56(81)82)59(86)68-43(2)60(87)74-22-18-45(19-23-74)8-6-32-88-47-15-16-50-49(33-47)48(17-21-65-50)58(85)67-36-54(78)75-41-61(62,63)34-46(75)35-64/h11-17,21,33,43,45-46,51H,3-10,18-20,22-32,34,36-41H2,1-2H3,(H,66,76)(H,67,85)(H,68,86)(H,69,77)(H,79,80)(H,81,82)(H,83,84)/t43-,46+,51-/m0/s1. The molecule has 0 saturated carbocycles. The van der Waals surface area contributed by atoms with Gasteiger partial charge >= 0.3 is 17.9 Å². The van der Waals surface area contributed by atoms with E-state index in [1.807, 2.05) is 31.2 Å². The van der Waals surface area contributed by atoms with Crippen molar-refractivity contribution >= 4 is 64.3 Å². The fourth-order valence-electron chi connectivity index (χ4n) is 11.1. The highest BCUT2D eigenvalue weighted by atomic mass is 19.3. The molecule has 3 aliphatic heterocycles. The molecular weight excluding hydrogens is 1150 g/mol. The SMILES string of the molecule is Cc1ccc(CCCC(=O)NCCCC[C@H](NC(=O)CN2CCN(CC(=O)O)CCN(CC(=O)O)CCN(CC(=O)O)CC2)C(=O)N[C@@H](C)C(=O)N2CCC(CCCOc3ccc4nccc(C(=O)NCC(=O)N5CC(F)(F)C[C@@H]5C#N)c4c3)CC2)cc1. The number of pyridine rings is 1. The van der Waals surface area contributed by atoms with E-state index in [2.05, 4.69) is 26.3 Å². The molecule has 7 N–H and O–H groups in total. The van der Waals surface area contributed by atoms with Crippen LogP contribution in [-0.4, -0.2) is 245 Å². The highest BCUT2D eigenvalue weighted by molar-refractivity contribution is 6.07. The third-order valence-corrected chi connectivity index (χ3v) is 16.0. The van der Waals surface area contributed by atoms with Gasteiger partial charge in [0.15, 0.2) is 0 Å². The topological polar surface area (TPSA) is 328 Å². The van der Waals surface area contributed by atoms with Gasteiger partial charge in [0, 0.05) is 96.4 Å². The molecule has 2 aromatic carbocycles. The van der Waals surface area contributed by atoms with Crippen molar-refractivity contribution in [3.8, 4) is 11.8 Å². The number of carboxylic acid groups (broad SMARTS) is 3. The number of carboxylic acids is 3. The zero-order valence-electron chi connectivity index (χ0n) is 50.3. The second-order valence-corrected chi connectivity index (χ2v) is 23.0. The van der Waals surface area contributed by atoms with E-state index in [1.54, 1.807) is 55.7 Å². The van der Waals surface area contributed by atoms with Gasteiger partial charge in [-0.2, -0.15) is 5.26 Å². The van der Waals surface area contributed by atoms with Crippen molar-refractivity contribution < 1.29 is 72.0 Å². The summed E-state index contributed by atoms with van der Waals surface area (Å²) in [4.78, 5) is 130. The number of carbonyl (C=O) groups is 9. The molecule has 3 aliphatic rings. The number of carbonyl (C=O) groups excluding carboxylic acids is 6. The molecule has 88 heavy (non-hydrogen) atoms. The number of likely N-dealkylation sites (tertiary alicyclic amines) is 2. The van der Waals surface area contributed by atoms with Gasteiger partial charge in [0.05, 0.1) is 63.0 Å². The van der Waals surface area contributed by atoms with Crippen LogP contribution < -0.4 is 26.0 Å². The number of benzene rings is 2. The van der Waals surface area contributed by atoms with Crippen LogP contribution in [-0.2, 0) is 44.8 Å². The highest BCUT2D eigenvalue weighted by Gasteiger charge is 2.47. The molecule has 3 fully saturated rings. The van der Waals surface area contributed by atoms with Crippen molar-refractivity contribution in [2.45, 2.75) is 109 Å². The minimum absolute atomic E-state index is 0.101. The molecule has 0 aliphatic carbocycles. The van der Waals surface area contributed by atoms with Gasteiger partial charge < -0.3 is 51.1 Å². The summed E-state index contributed by atoms with van der Waals surface area (Å²) in [6.45, 7) is 4.01. The summed E-state index contributed by atoms with van der Waals surface area (Å²) in [5.41, 5.74) is 2.98. The number of amides is 6. The number of hydrogen-bond donors (Lipinski definition) is 7. The number of nitrogens with zero attached hydrogens (tertiary/aromatic N) is 8. The molecule has 4 heterocycles. The molecule has 6 amide bonds. The number of ether oxygens (including phenoxy) is 1. The average molecular weight is 1230 g/mol. The number of aryl methyl sites for hydroxylation is 2. The smallest absolute Gasteiger partial charge is 0.317 e. The number of nitriles is 1. The van der Waals surface area contributed by atoms with Crippen LogP contribution in [0.15, 0.2) is 54.7 Å². The van der Waals surface area contributed by atoms with Crippen LogP contribution in [0.2, 0.25) is 0 Å². The van der Waals surface area contributed by atoms with Crippen LogP contribution in [0.3, 0.4) is 0 Å². The first-order valence-corrected chi connectivity index (χ1v) is 30.2. The van der Waals surface area contributed by atoms with Gasteiger partial charge in [-0.1, -0.05) is 29.8 Å². The highest BCUT2D eigenvalue weighted by Crippen LogP contribution is 2.32. The number of aliphatic carboxylic acids is 3. The zero-order chi connectivity index (χ0) is 63.8. The van der Waals surface area contributed by atoms with Crippen molar-refractivity contribution in [1.82, 2.24) is 55.7 Å². The number of alkyl halides is 2. The number of piperidine rings is 1. The number of aromatic nitrogens is 1. The lowest BCUT2D eigenvalue weighted by Crippen LogP contribution is -2.55. The first-order chi connectivity index (χ1) is 42.0. The Balaban J connectivity index is 1.000. The molecular formula is C61H84F2N12O13. The summed E-state index contributed by atoms with van der Waals surface area (Å²) in [5, 5.41) is 49.7. The van der Waals surface area contributed by atoms with Gasteiger partial charge in [0.1, 0.15) is 23.9 Å². The second kappa shape index (κ2) is 34.6. The lowest BCUT2D eigenvalue weighted by atomic mass is 9.92. The van der Waals surface area contributed by atoms with E-state index in [0.717, 1.165) is 28.9 Å². The predicted octanol–water partition coefficient (Wildman–Crippen LogP) is 2.20. The molecule has 3 atom stereocenters. The normalized spacial score (nSPS) is 18.2. The molecule has 3 saturated heterocycles. The first-order valence-electron chi connectivity index (χ1n) is 30.2. The Kier molecular flexibility index (Phi) is 27.2. The van der Waals surface area contributed by atoms with E-state index >= 15 is 0 Å². The number of nitrogens with one attached hydrogen (secondary N) is 4. The Labute approximate surface area is 511 Å². The number of hydrogen-bond acceptors (Lipinski definition) is 16. The molecule has 0 radical (unpaired) electrons. The summed E-state index contributed by atoms with van der Waals surface area (Å²) in [7, 11) is 0. The average Bonchev–Trinajstić information content (AvgIpc) is 3.18. The number of halogens is 2. The number of unbranched alkanes of at least 4 members (excludes halogenated alkanes) is 1. The van der Waals surface area contributed by atoms with Crippen LogP contribution in [0.25, 0.3) is 10.9 Å². The lowest BCUT2D eigenvalue weighted by molar-refractivity contribution is -0.140. The van der Waals surface area contributed by atoms with Crippen LogP contribution in [0.5, 0.6) is 5.75 Å². The van der Waals surface area contributed by atoms with Crippen molar-refractivity contribution in [2.24, 2.45) is 5.92 Å². The Morgan fingerprint density at radius 1 is 0.739 bits per heavy atom. The molecule has 0 spiro atoms. The van der Waals surface area contributed by atoms with Gasteiger partial charge in [0.25, 0.3) is 11.8 Å². The third-order valence-electron chi connectivity index (χ3n) is 16.0. The van der Waals surface area contributed by atoms with Crippen molar-refractivity contribution in [3.05, 3.63) is 71.4 Å². The van der Waals surface area contributed by atoms with Crippen LogP contribution >= 0.6 is 0 Å². The quantitative estimate of drug-likeness (QED) is 0.0490. The number of rotatable bonds is 29. The van der Waals surface area contributed by atoms with E-state index in [1.165, 1.54) is 12.3 Å². The maximum Gasteiger partial charge on any atom is 0.317 e. The Hall–Kier alpha value is -7.93.